The van der Waals surface area contributed by atoms with Crippen molar-refractivity contribution in [2.24, 2.45) is 11.8 Å². The molecule has 30 heavy (non-hydrogen) atoms. The number of hydrogen-bond acceptors (Lipinski definition) is 0. The molecule has 0 aliphatic heterocycles. The Balaban J connectivity index is 1.40. The highest BCUT2D eigenvalue weighted by Crippen LogP contribution is 2.36. The summed E-state index contributed by atoms with van der Waals surface area (Å²) in [7, 11) is 0. The van der Waals surface area contributed by atoms with Gasteiger partial charge in [-0.2, -0.15) is 0 Å². The monoisotopic (exact) mass is 412 g/mol. The van der Waals surface area contributed by atoms with Gasteiger partial charge >= 0.3 is 0 Å². The van der Waals surface area contributed by atoms with E-state index in [1.165, 1.54) is 68.7 Å². The molecule has 0 saturated heterocycles. The van der Waals surface area contributed by atoms with E-state index in [4.69, 9.17) is 0 Å². The first kappa shape index (κ1) is 21.2. The largest absolute Gasteiger partial charge is 0.206 e. The molecule has 160 valence electrons. The highest BCUT2D eigenvalue weighted by Gasteiger charge is 2.22. The number of allylic oxidation sites excluding steroid dienone is 2. The molecular weight excluding hydrogens is 381 g/mol. The first-order chi connectivity index (χ1) is 14.5. The molecule has 0 bridgehead atoms. The molecule has 0 amide bonds. The summed E-state index contributed by atoms with van der Waals surface area (Å²) >= 11 is 0. The Bertz CT molecular complexity index is 920. The van der Waals surface area contributed by atoms with Gasteiger partial charge in [-0.25, -0.2) is 13.2 Å². The van der Waals surface area contributed by atoms with Crippen LogP contribution in [0.3, 0.4) is 0 Å². The van der Waals surface area contributed by atoms with Gasteiger partial charge < -0.3 is 0 Å². The van der Waals surface area contributed by atoms with Crippen LogP contribution in [0.1, 0.15) is 69.4 Å². The molecule has 0 nitrogen and oxygen atoms in total. The molecule has 0 aromatic heterocycles. The summed E-state index contributed by atoms with van der Waals surface area (Å²) in [6, 6.07) is 7.13. The van der Waals surface area contributed by atoms with Gasteiger partial charge in [0.05, 0.1) is 0 Å². The van der Waals surface area contributed by atoms with Crippen molar-refractivity contribution in [3.8, 4) is 11.1 Å². The quantitative estimate of drug-likeness (QED) is 0.420. The summed E-state index contributed by atoms with van der Waals surface area (Å²) in [6.07, 6.45) is 14.2. The van der Waals surface area contributed by atoms with Crippen molar-refractivity contribution in [2.75, 3.05) is 0 Å². The summed E-state index contributed by atoms with van der Waals surface area (Å²) in [5, 5.41) is 0. The molecule has 2 aliphatic carbocycles. The maximum absolute atomic E-state index is 14.8. The summed E-state index contributed by atoms with van der Waals surface area (Å²) < 4.78 is 42.5. The molecular formula is C27H31F3. The second kappa shape index (κ2) is 9.41. The van der Waals surface area contributed by atoms with Crippen molar-refractivity contribution in [2.45, 2.75) is 71.1 Å². The zero-order chi connectivity index (χ0) is 21.1. The van der Waals surface area contributed by atoms with E-state index >= 15 is 0 Å². The molecule has 0 radical (unpaired) electrons. The summed E-state index contributed by atoms with van der Waals surface area (Å²) in [5.74, 6) is -0.649. The molecule has 4 rings (SSSR count). The van der Waals surface area contributed by atoms with Gasteiger partial charge in [-0.1, -0.05) is 69.2 Å². The molecule has 0 heterocycles. The van der Waals surface area contributed by atoms with Gasteiger partial charge in [0.25, 0.3) is 0 Å². The molecule has 3 heteroatoms. The lowest BCUT2D eigenvalue weighted by atomic mass is 9.77. The molecule has 0 atom stereocenters. The third kappa shape index (κ3) is 4.66. The fourth-order valence-corrected chi connectivity index (χ4v) is 5.30. The fraction of sp³-hybridized carbons (Fsp3) is 0.481. The number of hydrogen-bond donors (Lipinski definition) is 0. The molecule has 0 N–H and O–H groups in total. The standard InChI is InChI=1S/C27H31F3/c1-2-4-18-7-9-19(10-8-18)11-12-20-13-14-21-16-24(26(29)17-22(21)15-20)23-5-3-6-25(28)27(23)30/h3,5-6,13,16-19H,2,4,7-12,14-15H2,1H3. The van der Waals surface area contributed by atoms with E-state index in [1.54, 1.807) is 6.07 Å². The van der Waals surface area contributed by atoms with Crippen molar-refractivity contribution in [3.05, 3.63) is 70.6 Å². The van der Waals surface area contributed by atoms with Crippen LogP contribution in [0.25, 0.3) is 11.1 Å². The average molecular weight is 413 g/mol. The minimum absolute atomic E-state index is 0.0104. The Morgan fingerprint density at radius 2 is 1.57 bits per heavy atom. The highest BCUT2D eigenvalue weighted by atomic mass is 19.2. The van der Waals surface area contributed by atoms with Gasteiger partial charge in [0.1, 0.15) is 5.82 Å². The lowest BCUT2D eigenvalue weighted by Crippen LogP contribution is -2.15. The van der Waals surface area contributed by atoms with E-state index in [2.05, 4.69) is 13.0 Å². The van der Waals surface area contributed by atoms with E-state index in [0.717, 1.165) is 48.3 Å². The first-order valence-corrected chi connectivity index (χ1v) is 11.5. The van der Waals surface area contributed by atoms with Crippen LogP contribution in [0.2, 0.25) is 0 Å². The van der Waals surface area contributed by atoms with Crippen LogP contribution in [0, 0.1) is 29.3 Å². The van der Waals surface area contributed by atoms with Gasteiger partial charge in [0.15, 0.2) is 11.6 Å². The molecule has 2 aromatic carbocycles. The molecule has 2 aliphatic rings. The van der Waals surface area contributed by atoms with Crippen LogP contribution < -0.4 is 0 Å². The van der Waals surface area contributed by atoms with Crippen LogP contribution in [-0.2, 0) is 12.8 Å². The van der Waals surface area contributed by atoms with E-state index in [0.29, 0.717) is 0 Å². The van der Waals surface area contributed by atoms with Crippen LogP contribution in [-0.4, -0.2) is 0 Å². The molecule has 0 unspecified atom stereocenters. The zero-order valence-corrected chi connectivity index (χ0v) is 17.8. The summed E-state index contributed by atoms with van der Waals surface area (Å²) in [6.45, 7) is 2.28. The Morgan fingerprint density at radius 1 is 0.833 bits per heavy atom. The third-order valence-corrected chi connectivity index (χ3v) is 7.10. The predicted molar refractivity (Wildman–Crippen MR) is 117 cm³/mol. The van der Waals surface area contributed by atoms with Gasteiger partial charge in [-0.3, -0.25) is 0 Å². The smallest absolute Gasteiger partial charge is 0.166 e. The summed E-state index contributed by atoms with van der Waals surface area (Å²) in [4.78, 5) is 0. The Hall–Kier alpha value is -2.03. The number of fused-ring (bicyclic) bond motifs is 1. The van der Waals surface area contributed by atoms with Gasteiger partial charge in [0, 0.05) is 11.1 Å². The van der Waals surface area contributed by atoms with Crippen LogP contribution in [0.5, 0.6) is 0 Å². The number of halogens is 3. The molecule has 2 aromatic rings. The topological polar surface area (TPSA) is 0 Å². The van der Waals surface area contributed by atoms with Gasteiger partial charge in [0.2, 0.25) is 0 Å². The summed E-state index contributed by atoms with van der Waals surface area (Å²) in [5.41, 5.74) is 3.52. The second-order valence-corrected chi connectivity index (χ2v) is 9.16. The number of benzene rings is 2. The van der Waals surface area contributed by atoms with Gasteiger partial charge in [-0.05, 0) is 66.8 Å². The minimum atomic E-state index is -0.989. The number of rotatable bonds is 6. The molecule has 1 saturated carbocycles. The Morgan fingerprint density at radius 3 is 2.30 bits per heavy atom. The van der Waals surface area contributed by atoms with Crippen molar-refractivity contribution >= 4 is 0 Å². The lowest BCUT2D eigenvalue weighted by Gasteiger charge is -2.29. The first-order valence-electron chi connectivity index (χ1n) is 11.5. The Labute approximate surface area is 178 Å². The van der Waals surface area contributed by atoms with Crippen LogP contribution >= 0.6 is 0 Å². The van der Waals surface area contributed by atoms with Crippen LogP contribution in [0.15, 0.2) is 42.0 Å². The average Bonchev–Trinajstić information content (AvgIpc) is 2.75. The second-order valence-electron chi connectivity index (χ2n) is 9.16. The maximum atomic E-state index is 14.8. The fourth-order valence-electron chi connectivity index (χ4n) is 5.30. The van der Waals surface area contributed by atoms with E-state index in [9.17, 15) is 13.2 Å². The molecule has 1 fully saturated rings. The van der Waals surface area contributed by atoms with Crippen molar-refractivity contribution in [3.63, 3.8) is 0 Å². The van der Waals surface area contributed by atoms with Crippen molar-refractivity contribution in [1.29, 1.82) is 0 Å². The van der Waals surface area contributed by atoms with Crippen molar-refractivity contribution in [1.82, 2.24) is 0 Å². The van der Waals surface area contributed by atoms with Gasteiger partial charge in [-0.15, -0.1) is 0 Å². The highest BCUT2D eigenvalue weighted by molar-refractivity contribution is 5.67. The van der Waals surface area contributed by atoms with E-state index in [-0.39, 0.29) is 11.1 Å². The maximum Gasteiger partial charge on any atom is 0.166 e. The molecule has 0 spiro atoms. The van der Waals surface area contributed by atoms with E-state index in [1.807, 2.05) is 0 Å². The van der Waals surface area contributed by atoms with E-state index < -0.39 is 17.5 Å². The lowest BCUT2D eigenvalue weighted by molar-refractivity contribution is 0.252. The zero-order valence-electron chi connectivity index (χ0n) is 17.8. The SMILES string of the molecule is CCCC1CCC(CCC2=CCc3cc(-c4cccc(F)c4F)c(F)cc3C2)CC1. The van der Waals surface area contributed by atoms with Crippen molar-refractivity contribution < 1.29 is 13.2 Å². The van der Waals surface area contributed by atoms with Crippen LogP contribution in [0.4, 0.5) is 13.2 Å². The predicted octanol–water partition coefficient (Wildman–Crippen LogP) is 8.18. The normalized spacial score (nSPS) is 21.3. The third-order valence-electron chi connectivity index (χ3n) is 7.10. The minimum Gasteiger partial charge on any atom is -0.206 e. The Kier molecular flexibility index (Phi) is 6.65.